The molecular formula is C20H19N5O. The molecule has 6 nitrogen and oxygen atoms in total. The van der Waals surface area contributed by atoms with Gasteiger partial charge in [-0.1, -0.05) is 29.4 Å². The highest BCUT2D eigenvalue weighted by Gasteiger charge is 2.25. The molecule has 3 aromatic rings. The van der Waals surface area contributed by atoms with E-state index in [1.165, 1.54) is 5.56 Å². The van der Waals surface area contributed by atoms with Crippen LogP contribution in [0.4, 0.5) is 11.6 Å². The zero-order chi connectivity index (χ0) is 17.9. The number of oxime groups is 1. The molecule has 0 aliphatic carbocycles. The number of anilines is 2. The van der Waals surface area contributed by atoms with Gasteiger partial charge in [0.05, 0.1) is 11.4 Å². The maximum Gasteiger partial charge on any atom is 0.161 e. The molecule has 130 valence electrons. The summed E-state index contributed by atoms with van der Waals surface area (Å²) in [6.07, 6.45) is 2.99. The van der Waals surface area contributed by atoms with E-state index in [1.54, 1.807) is 12.3 Å². The van der Waals surface area contributed by atoms with Crippen LogP contribution in [0.15, 0.2) is 65.9 Å². The van der Waals surface area contributed by atoms with Gasteiger partial charge in [-0.05, 0) is 35.9 Å². The second-order valence-electron chi connectivity index (χ2n) is 6.26. The molecule has 3 heterocycles. The summed E-state index contributed by atoms with van der Waals surface area (Å²) in [6, 6.07) is 17.8. The SMILES string of the molecule is Nc1ccc(C2CC(Cc3cccc(-c4ccccn4)c3)=NO2)c(N)n1. The van der Waals surface area contributed by atoms with Crippen molar-refractivity contribution in [1.82, 2.24) is 9.97 Å². The third-order valence-electron chi connectivity index (χ3n) is 4.35. The van der Waals surface area contributed by atoms with E-state index >= 15 is 0 Å². The lowest BCUT2D eigenvalue weighted by atomic mass is 9.99. The fourth-order valence-electron chi connectivity index (χ4n) is 3.08. The minimum absolute atomic E-state index is 0.211. The molecule has 1 aromatic carbocycles. The Morgan fingerprint density at radius 2 is 1.96 bits per heavy atom. The van der Waals surface area contributed by atoms with Crippen LogP contribution in [0.3, 0.4) is 0 Å². The van der Waals surface area contributed by atoms with Crippen LogP contribution < -0.4 is 11.5 Å². The van der Waals surface area contributed by atoms with Crippen molar-refractivity contribution in [1.29, 1.82) is 0 Å². The smallest absolute Gasteiger partial charge is 0.161 e. The van der Waals surface area contributed by atoms with Gasteiger partial charge in [0, 0.05) is 30.2 Å². The number of hydrogen-bond donors (Lipinski definition) is 2. The van der Waals surface area contributed by atoms with Gasteiger partial charge in [-0.2, -0.15) is 0 Å². The number of rotatable bonds is 4. The maximum absolute atomic E-state index is 5.95. The molecule has 1 atom stereocenters. The van der Waals surface area contributed by atoms with Crippen LogP contribution in [0, 0.1) is 0 Å². The highest BCUT2D eigenvalue weighted by molar-refractivity contribution is 5.88. The first-order chi connectivity index (χ1) is 12.7. The topological polar surface area (TPSA) is 99.4 Å². The highest BCUT2D eigenvalue weighted by atomic mass is 16.6. The van der Waals surface area contributed by atoms with E-state index in [1.807, 2.05) is 30.3 Å². The molecule has 0 saturated heterocycles. The monoisotopic (exact) mass is 345 g/mol. The van der Waals surface area contributed by atoms with Crippen molar-refractivity contribution in [2.75, 3.05) is 11.5 Å². The minimum atomic E-state index is -0.211. The van der Waals surface area contributed by atoms with E-state index < -0.39 is 0 Å². The average molecular weight is 345 g/mol. The Balaban J connectivity index is 1.47. The molecule has 0 bridgehead atoms. The summed E-state index contributed by atoms with van der Waals surface area (Å²) in [4.78, 5) is 14.1. The van der Waals surface area contributed by atoms with Crippen LogP contribution in [0.2, 0.25) is 0 Å². The van der Waals surface area contributed by atoms with Crippen LogP contribution in [0.25, 0.3) is 11.3 Å². The maximum atomic E-state index is 5.95. The van der Waals surface area contributed by atoms with Gasteiger partial charge in [0.2, 0.25) is 0 Å². The van der Waals surface area contributed by atoms with Crippen LogP contribution in [0.1, 0.15) is 23.7 Å². The van der Waals surface area contributed by atoms with Crippen LogP contribution >= 0.6 is 0 Å². The normalized spacial score (nSPS) is 16.2. The van der Waals surface area contributed by atoms with Gasteiger partial charge in [-0.3, -0.25) is 4.98 Å². The fraction of sp³-hybridized carbons (Fsp3) is 0.150. The Hall–Kier alpha value is -3.41. The molecule has 1 aliphatic heterocycles. The van der Waals surface area contributed by atoms with Gasteiger partial charge in [-0.15, -0.1) is 0 Å². The summed E-state index contributed by atoms with van der Waals surface area (Å²) in [7, 11) is 0. The van der Waals surface area contributed by atoms with Crippen LogP contribution in [-0.4, -0.2) is 15.7 Å². The minimum Gasteiger partial charge on any atom is -0.387 e. The van der Waals surface area contributed by atoms with E-state index in [0.717, 1.165) is 29.0 Å². The van der Waals surface area contributed by atoms with Crippen molar-refractivity contribution in [3.63, 3.8) is 0 Å². The molecule has 0 saturated carbocycles. The molecule has 26 heavy (non-hydrogen) atoms. The predicted octanol–water partition coefficient (Wildman–Crippen LogP) is 3.37. The zero-order valence-electron chi connectivity index (χ0n) is 14.2. The third-order valence-corrected chi connectivity index (χ3v) is 4.35. The highest BCUT2D eigenvalue weighted by Crippen LogP contribution is 2.31. The fourth-order valence-corrected chi connectivity index (χ4v) is 3.08. The van der Waals surface area contributed by atoms with Crippen molar-refractivity contribution in [2.24, 2.45) is 5.16 Å². The molecule has 0 radical (unpaired) electrons. The van der Waals surface area contributed by atoms with E-state index in [2.05, 4.69) is 33.3 Å². The standard InChI is InChI=1S/C20H19N5O/c21-19-8-7-16(20(22)24-19)18-12-15(25-26-18)11-13-4-3-5-14(10-13)17-6-1-2-9-23-17/h1-10,18H,11-12H2,(H4,21,22,24). The van der Waals surface area contributed by atoms with Crippen LogP contribution in [-0.2, 0) is 11.3 Å². The number of benzene rings is 1. The van der Waals surface area contributed by atoms with E-state index in [0.29, 0.717) is 18.1 Å². The average Bonchev–Trinajstić information content (AvgIpc) is 3.11. The molecule has 4 N–H and O–H groups in total. The van der Waals surface area contributed by atoms with Crippen molar-refractivity contribution in [3.05, 3.63) is 71.9 Å². The van der Waals surface area contributed by atoms with E-state index in [4.69, 9.17) is 16.3 Å². The molecule has 0 fully saturated rings. The molecule has 1 aliphatic rings. The van der Waals surface area contributed by atoms with Crippen molar-refractivity contribution < 1.29 is 4.84 Å². The largest absolute Gasteiger partial charge is 0.387 e. The van der Waals surface area contributed by atoms with Gasteiger partial charge in [0.15, 0.2) is 6.10 Å². The number of nitrogens with two attached hydrogens (primary N) is 2. The number of aromatic nitrogens is 2. The van der Waals surface area contributed by atoms with Crippen molar-refractivity contribution in [3.8, 4) is 11.3 Å². The van der Waals surface area contributed by atoms with Crippen molar-refractivity contribution in [2.45, 2.75) is 18.9 Å². The lowest BCUT2D eigenvalue weighted by Crippen LogP contribution is -2.07. The lowest BCUT2D eigenvalue weighted by molar-refractivity contribution is 0.0860. The summed E-state index contributed by atoms with van der Waals surface area (Å²) in [5.74, 6) is 0.792. The Morgan fingerprint density at radius 3 is 2.77 bits per heavy atom. The van der Waals surface area contributed by atoms with E-state index in [9.17, 15) is 0 Å². The number of pyridine rings is 2. The van der Waals surface area contributed by atoms with Crippen LogP contribution in [0.5, 0.6) is 0 Å². The molecule has 0 amide bonds. The quantitative estimate of drug-likeness (QED) is 0.755. The zero-order valence-corrected chi connectivity index (χ0v) is 14.2. The number of nitrogen functional groups attached to an aromatic ring is 2. The second kappa shape index (κ2) is 6.84. The Labute approximate surface area is 151 Å². The van der Waals surface area contributed by atoms with Gasteiger partial charge in [0.25, 0.3) is 0 Å². The molecule has 1 unspecified atom stereocenters. The summed E-state index contributed by atoms with van der Waals surface area (Å²) in [6.45, 7) is 0. The first-order valence-electron chi connectivity index (χ1n) is 8.43. The van der Waals surface area contributed by atoms with Crippen molar-refractivity contribution >= 4 is 17.3 Å². The second-order valence-corrected chi connectivity index (χ2v) is 6.26. The molecular weight excluding hydrogens is 326 g/mol. The Kier molecular flexibility index (Phi) is 4.23. The Bertz CT molecular complexity index is 955. The Morgan fingerprint density at radius 1 is 1.04 bits per heavy atom. The number of nitrogens with zero attached hydrogens (tertiary/aromatic N) is 3. The number of hydrogen-bond acceptors (Lipinski definition) is 6. The summed E-state index contributed by atoms with van der Waals surface area (Å²) < 4.78 is 0. The molecule has 4 rings (SSSR count). The van der Waals surface area contributed by atoms with Gasteiger partial charge >= 0.3 is 0 Å². The lowest BCUT2D eigenvalue weighted by Gasteiger charge is -2.11. The summed E-state index contributed by atoms with van der Waals surface area (Å²) in [5.41, 5.74) is 16.6. The predicted molar refractivity (Wildman–Crippen MR) is 102 cm³/mol. The summed E-state index contributed by atoms with van der Waals surface area (Å²) in [5, 5.41) is 4.24. The van der Waals surface area contributed by atoms with Gasteiger partial charge < -0.3 is 16.3 Å². The third kappa shape index (κ3) is 3.35. The first-order valence-corrected chi connectivity index (χ1v) is 8.43. The van der Waals surface area contributed by atoms with Gasteiger partial charge in [-0.25, -0.2) is 4.98 Å². The van der Waals surface area contributed by atoms with E-state index in [-0.39, 0.29) is 6.10 Å². The first kappa shape index (κ1) is 16.1. The molecule has 2 aromatic heterocycles. The van der Waals surface area contributed by atoms with Gasteiger partial charge in [0.1, 0.15) is 11.6 Å². The molecule has 6 heteroatoms. The summed E-state index contributed by atoms with van der Waals surface area (Å²) >= 11 is 0. The molecule has 0 spiro atoms.